The molecule has 4 heteroatoms. The lowest BCUT2D eigenvalue weighted by molar-refractivity contribution is -0.885. The van der Waals surface area contributed by atoms with E-state index in [0.29, 0.717) is 13.1 Å². The third kappa shape index (κ3) is 4.18. The standard InChI is InChI=1S/C20H19FN2O/c1-23(13-15-6-9-18(21)10-7-15)14-20(24)22-19-11-8-16-4-2-3-5-17(16)12-19/h2-12H,13-14H2,1H3,(H,22,24)/p+1. The van der Waals surface area contributed by atoms with E-state index in [9.17, 15) is 9.18 Å². The second-order valence-electron chi connectivity index (χ2n) is 6.05. The van der Waals surface area contributed by atoms with E-state index in [1.165, 1.54) is 12.1 Å². The van der Waals surface area contributed by atoms with E-state index in [1.54, 1.807) is 12.1 Å². The van der Waals surface area contributed by atoms with Crippen molar-refractivity contribution in [2.24, 2.45) is 0 Å². The average Bonchev–Trinajstić information content (AvgIpc) is 2.56. The van der Waals surface area contributed by atoms with Crippen LogP contribution in [0.4, 0.5) is 10.1 Å². The molecule has 0 saturated carbocycles. The highest BCUT2D eigenvalue weighted by atomic mass is 19.1. The Morgan fingerprint density at radius 3 is 2.46 bits per heavy atom. The van der Waals surface area contributed by atoms with Gasteiger partial charge in [0.25, 0.3) is 5.91 Å². The summed E-state index contributed by atoms with van der Waals surface area (Å²) in [7, 11) is 1.95. The summed E-state index contributed by atoms with van der Waals surface area (Å²) in [5.74, 6) is -0.282. The first-order valence-electron chi connectivity index (χ1n) is 7.94. The summed E-state index contributed by atoms with van der Waals surface area (Å²) in [5, 5.41) is 5.19. The molecule has 0 radical (unpaired) electrons. The van der Waals surface area contributed by atoms with Crippen molar-refractivity contribution in [2.45, 2.75) is 6.54 Å². The number of quaternary nitrogens is 1. The Balaban J connectivity index is 1.58. The number of benzene rings is 3. The van der Waals surface area contributed by atoms with Gasteiger partial charge in [0, 0.05) is 11.3 Å². The molecule has 1 unspecified atom stereocenters. The monoisotopic (exact) mass is 323 g/mol. The highest BCUT2D eigenvalue weighted by Gasteiger charge is 2.11. The molecule has 0 spiro atoms. The summed E-state index contributed by atoms with van der Waals surface area (Å²) >= 11 is 0. The summed E-state index contributed by atoms with van der Waals surface area (Å²) in [5.41, 5.74) is 1.81. The van der Waals surface area contributed by atoms with Crippen LogP contribution >= 0.6 is 0 Å². The maximum atomic E-state index is 12.9. The van der Waals surface area contributed by atoms with Crippen LogP contribution in [-0.2, 0) is 11.3 Å². The van der Waals surface area contributed by atoms with Gasteiger partial charge in [0.2, 0.25) is 0 Å². The van der Waals surface area contributed by atoms with Gasteiger partial charge in [-0.25, -0.2) is 4.39 Å². The predicted molar refractivity (Wildman–Crippen MR) is 94.4 cm³/mol. The first kappa shape index (κ1) is 16.1. The molecule has 0 bridgehead atoms. The molecule has 0 aliphatic heterocycles. The molecule has 24 heavy (non-hydrogen) atoms. The normalized spacial score (nSPS) is 12.1. The molecule has 1 atom stereocenters. The third-order valence-corrected chi connectivity index (χ3v) is 3.91. The number of hydrogen-bond acceptors (Lipinski definition) is 1. The van der Waals surface area contributed by atoms with Crippen molar-refractivity contribution in [3.8, 4) is 0 Å². The fraction of sp³-hybridized carbons (Fsp3) is 0.150. The summed E-state index contributed by atoms with van der Waals surface area (Å²) in [6, 6.07) is 20.3. The van der Waals surface area contributed by atoms with E-state index in [2.05, 4.69) is 5.32 Å². The molecule has 0 fully saturated rings. The summed E-state index contributed by atoms with van der Waals surface area (Å²) in [4.78, 5) is 13.3. The number of rotatable bonds is 5. The van der Waals surface area contributed by atoms with Crippen LogP contribution in [0.3, 0.4) is 0 Å². The summed E-state index contributed by atoms with van der Waals surface area (Å²) in [6.45, 7) is 1.02. The van der Waals surface area contributed by atoms with Crippen molar-refractivity contribution in [3.05, 3.63) is 78.1 Å². The molecular weight excluding hydrogens is 303 g/mol. The number of carbonyl (C=O) groups is 1. The van der Waals surface area contributed by atoms with Crippen LogP contribution in [0.25, 0.3) is 10.8 Å². The number of amides is 1. The Labute approximate surface area is 140 Å². The highest BCUT2D eigenvalue weighted by Crippen LogP contribution is 2.18. The van der Waals surface area contributed by atoms with Gasteiger partial charge in [-0.05, 0) is 35.0 Å². The molecule has 0 aliphatic carbocycles. The Kier molecular flexibility index (Phi) is 4.87. The van der Waals surface area contributed by atoms with Gasteiger partial charge in [0.1, 0.15) is 12.4 Å². The van der Waals surface area contributed by atoms with Crippen molar-refractivity contribution in [1.82, 2.24) is 0 Å². The molecule has 3 nitrogen and oxygen atoms in total. The van der Waals surface area contributed by atoms with Gasteiger partial charge >= 0.3 is 0 Å². The first-order valence-corrected chi connectivity index (χ1v) is 7.94. The van der Waals surface area contributed by atoms with Crippen LogP contribution in [0.5, 0.6) is 0 Å². The summed E-state index contributed by atoms with van der Waals surface area (Å²) in [6.07, 6.45) is 0. The number of carbonyl (C=O) groups excluding carboxylic acids is 1. The number of halogens is 1. The molecule has 122 valence electrons. The van der Waals surface area contributed by atoms with Gasteiger partial charge in [0.05, 0.1) is 7.05 Å². The van der Waals surface area contributed by atoms with Crippen LogP contribution in [0.2, 0.25) is 0 Å². The topological polar surface area (TPSA) is 33.5 Å². The lowest BCUT2D eigenvalue weighted by Gasteiger charge is -2.14. The van der Waals surface area contributed by atoms with Crippen LogP contribution in [0.1, 0.15) is 5.56 Å². The fourth-order valence-corrected chi connectivity index (χ4v) is 2.76. The molecule has 1 amide bonds. The minimum absolute atomic E-state index is 0.0371. The van der Waals surface area contributed by atoms with Gasteiger partial charge in [-0.2, -0.15) is 0 Å². The van der Waals surface area contributed by atoms with E-state index in [4.69, 9.17) is 0 Å². The van der Waals surface area contributed by atoms with Crippen molar-refractivity contribution < 1.29 is 14.1 Å². The fourth-order valence-electron chi connectivity index (χ4n) is 2.76. The predicted octanol–water partition coefficient (Wildman–Crippen LogP) is 2.63. The number of hydrogen-bond donors (Lipinski definition) is 2. The Morgan fingerprint density at radius 1 is 1.00 bits per heavy atom. The molecular formula is C20H20FN2O+. The third-order valence-electron chi connectivity index (χ3n) is 3.91. The second kappa shape index (κ2) is 7.23. The van der Waals surface area contributed by atoms with Crippen molar-refractivity contribution in [1.29, 1.82) is 0 Å². The first-order chi connectivity index (χ1) is 11.6. The molecule has 0 aliphatic rings. The van der Waals surface area contributed by atoms with Crippen molar-refractivity contribution in [2.75, 3.05) is 18.9 Å². The van der Waals surface area contributed by atoms with E-state index >= 15 is 0 Å². The lowest BCUT2D eigenvalue weighted by Crippen LogP contribution is -3.08. The molecule has 0 saturated heterocycles. The van der Waals surface area contributed by atoms with Gasteiger partial charge in [0.15, 0.2) is 6.54 Å². The largest absolute Gasteiger partial charge is 0.326 e. The SMILES string of the molecule is C[NH+](CC(=O)Nc1ccc2ccccc2c1)Cc1ccc(F)cc1. The van der Waals surface area contributed by atoms with Crippen molar-refractivity contribution in [3.63, 3.8) is 0 Å². The number of likely N-dealkylation sites (N-methyl/N-ethyl adjacent to an activating group) is 1. The molecule has 3 rings (SSSR count). The summed E-state index contributed by atoms with van der Waals surface area (Å²) < 4.78 is 12.9. The number of nitrogens with one attached hydrogen (secondary N) is 2. The van der Waals surface area contributed by atoms with Crippen LogP contribution in [0.15, 0.2) is 66.7 Å². The lowest BCUT2D eigenvalue weighted by atomic mass is 10.1. The Hall–Kier alpha value is -2.72. The molecule has 0 heterocycles. The van der Waals surface area contributed by atoms with Gasteiger partial charge in [-0.1, -0.05) is 42.5 Å². The Bertz CT molecular complexity index is 846. The zero-order valence-electron chi connectivity index (χ0n) is 13.6. The van der Waals surface area contributed by atoms with E-state index in [0.717, 1.165) is 26.9 Å². The molecule has 0 aromatic heterocycles. The second-order valence-corrected chi connectivity index (χ2v) is 6.05. The quantitative estimate of drug-likeness (QED) is 0.743. The van der Waals surface area contributed by atoms with Gasteiger partial charge < -0.3 is 10.2 Å². The highest BCUT2D eigenvalue weighted by molar-refractivity contribution is 5.94. The van der Waals surface area contributed by atoms with Crippen LogP contribution in [-0.4, -0.2) is 19.5 Å². The van der Waals surface area contributed by atoms with Gasteiger partial charge in [-0.15, -0.1) is 0 Å². The maximum Gasteiger partial charge on any atom is 0.279 e. The Morgan fingerprint density at radius 2 is 1.71 bits per heavy atom. The van der Waals surface area contributed by atoms with Gasteiger partial charge in [-0.3, -0.25) is 4.79 Å². The van der Waals surface area contributed by atoms with E-state index in [-0.39, 0.29) is 11.7 Å². The van der Waals surface area contributed by atoms with E-state index < -0.39 is 0 Å². The smallest absolute Gasteiger partial charge is 0.279 e. The molecule has 2 N–H and O–H groups in total. The number of anilines is 1. The zero-order chi connectivity index (χ0) is 16.9. The minimum Gasteiger partial charge on any atom is -0.326 e. The maximum absolute atomic E-state index is 12.9. The zero-order valence-corrected chi connectivity index (χ0v) is 13.6. The number of fused-ring (bicyclic) bond motifs is 1. The van der Waals surface area contributed by atoms with Crippen LogP contribution < -0.4 is 10.2 Å². The van der Waals surface area contributed by atoms with Crippen molar-refractivity contribution >= 4 is 22.4 Å². The van der Waals surface area contributed by atoms with Crippen LogP contribution in [0, 0.1) is 5.82 Å². The minimum atomic E-state index is -0.245. The molecule has 3 aromatic carbocycles. The van der Waals surface area contributed by atoms with E-state index in [1.807, 2.05) is 49.5 Å². The average molecular weight is 323 g/mol. The molecule has 3 aromatic rings.